The van der Waals surface area contributed by atoms with E-state index in [1.807, 2.05) is 19.0 Å². The van der Waals surface area contributed by atoms with Crippen LogP contribution in [0.2, 0.25) is 0 Å². The van der Waals surface area contributed by atoms with Gasteiger partial charge in [0.2, 0.25) is 0 Å². The van der Waals surface area contributed by atoms with Crippen molar-refractivity contribution in [2.75, 3.05) is 38.7 Å². The van der Waals surface area contributed by atoms with Gasteiger partial charge in [0.1, 0.15) is 0 Å². The smallest absolute Gasteiger partial charge is 0.319 e. The molecular formula is C17H31N3O3S. The van der Waals surface area contributed by atoms with Crippen molar-refractivity contribution in [2.24, 2.45) is 5.92 Å². The van der Waals surface area contributed by atoms with E-state index in [9.17, 15) is 13.2 Å². The molecule has 1 atom stereocenters. The van der Waals surface area contributed by atoms with E-state index in [-0.39, 0.29) is 23.6 Å². The van der Waals surface area contributed by atoms with Crippen LogP contribution in [0.5, 0.6) is 0 Å². The summed E-state index contributed by atoms with van der Waals surface area (Å²) in [7, 11) is 0.894. The summed E-state index contributed by atoms with van der Waals surface area (Å²) in [6.07, 6.45) is 10.6. The number of hydrogen-bond donors (Lipinski definition) is 1. The number of urea groups is 1. The lowest BCUT2D eigenvalue weighted by molar-refractivity contribution is 0.176. The van der Waals surface area contributed by atoms with E-state index < -0.39 is 9.84 Å². The topological polar surface area (TPSA) is 69.7 Å². The first-order valence-corrected chi connectivity index (χ1v) is 10.8. The quantitative estimate of drug-likeness (QED) is 0.787. The standard InChI is InChI=1S/C17H31N3O3S/c1-19(2)11-12-20(16-9-13-24(22,23)14-16)17(21)18-10-8-15-6-4-3-5-7-15/h8,10,15-16H,3-7,9,11-14H2,1-2H3,(H,18,21)/b10-8+. The minimum atomic E-state index is -3.00. The Kier molecular flexibility index (Phi) is 7.10. The van der Waals surface area contributed by atoms with E-state index in [0.29, 0.717) is 18.9 Å². The van der Waals surface area contributed by atoms with Gasteiger partial charge in [-0.2, -0.15) is 0 Å². The molecule has 0 aromatic heterocycles. The molecule has 1 saturated carbocycles. The van der Waals surface area contributed by atoms with Crippen molar-refractivity contribution >= 4 is 15.9 Å². The monoisotopic (exact) mass is 357 g/mol. The summed E-state index contributed by atoms with van der Waals surface area (Å²) in [5.41, 5.74) is 0. The van der Waals surface area contributed by atoms with Gasteiger partial charge in [-0.25, -0.2) is 13.2 Å². The van der Waals surface area contributed by atoms with Crippen molar-refractivity contribution in [3.8, 4) is 0 Å². The fourth-order valence-electron chi connectivity index (χ4n) is 3.44. The van der Waals surface area contributed by atoms with Gasteiger partial charge in [-0.1, -0.05) is 25.3 Å². The van der Waals surface area contributed by atoms with Crippen molar-refractivity contribution in [2.45, 2.75) is 44.6 Å². The largest absolute Gasteiger partial charge is 0.321 e. The molecule has 2 amide bonds. The Morgan fingerprint density at radius 2 is 1.83 bits per heavy atom. The van der Waals surface area contributed by atoms with Gasteiger partial charge in [0.15, 0.2) is 9.84 Å². The molecule has 1 unspecified atom stereocenters. The number of likely N-dealkylation sites (N-methyl/N-ethyl adjacent to an activating group) is 1. The van der Waals surface area contributed by atoms with Crippen LogP contribution in [0, 0.1) is 5.92 Å². The lowest BCUT2D eigenvalue weighted by Gasteiger charge is -2.29. The third-order valence-electron chi connectivity index (χ3n) is 4.92. The van der Waals surface area contributed by atoms with Crippen LogP contribution in [-0.4, -0.2) is 69.0 Å². The Hall–Kier alpha value is -1.08. The second-order valence-corrected chi connectivity index (χ2v) is 9.49. The van der Waals surface area contributed by atoms with Gasteiger partial charge in [0.05, 0.1) is 11.5 Å². The Morgan fingerprint density at radius 1 is 1.12 bits per heavy atom. The van der Waals surface area contributed by atoms with Crippen molar-refractivity contribution < 1.29 is 13.2 Å². The fraction of sp³-hybridized carbons (Fsp3) is 0.824. The van der Waals surface area contributed by atoms with Crippen LogP contribution in [0.3, 0.4) is 0 Å². The van der Waals surface area contributed by atoms with Crippen LogP contribution in [0.1, 0.15) is 38.5 Å². The number of nitrogens with one attached hydrogen (secondary N) is 1. The molecular weight excluding hydrogens is 326 g/mol. The van der Waals surface area contributed by atoms with Crippen LogP contribution < -0.4 is 5.32 Å². The summed E-state index contributed by atoms with van der Waals surface area (Å²) in [5, 5.41) is 2.85. The zero-order valence-electron chi connectivity index (χ0n) is 14.9. The van der Waals surface area contributed by atoms with Crippen molar-refractivity contribution in [1.82, 2.24) is 15.1 Å². The average Bonchev–Trinajstić information content (AvgIpc) is 2.88. The first kappa shape index (κ1) is 19.2. The Labute approximate surface area is 146 Å². The van der Waals surface area contributed by atoms with Crippen LogP contribution in [0.25, 0.3) is 0 Å². The lowest BCUT2D eigenvalue weighted by Crippen LogP contribution is -2.48. The van der Waals surface area contributed by atoms with E-state index in [1.54, 1.807) is 11.1 Å². The normalized spacial score (nSPS) is 24.5. The zero-order valence-corrected chi connectivity index (χ0v) is 15.7. The van der Waals surface area contributed by atoms with Gasteiger partial charge in [-0.15, -0.1) is 0 Å². The molecule has 1 N–H and O–H groups in total. The fourth-order valence-corrected chi connectivity index (χ4v) is 5.17. The summed E-state index contributed by atoms with van der Waals surface area (Å²) in [6.45, 7) is 1.26. The third-order valence-corrected chi connectivity index (χ3v) is 6.67. The van der Waals surface area contributed by atoms with Gasteiger partial charge in [-0.05, 0) is 39.3 Å². The van der Waals surface area contributed by atoms with E-state index in [4.69, 9.17) is 0 Å². The van der Waals surface area contributed by atoms with Crippen LogP contribution in [0.15, 0.2) is 12.3 Å². The summed E-state index contributed by atoms with van der Waals surface area (Å²) in [6, 6.07) is -0.399. The molecule has 0 spiro atoms. The summed E-state index contributed by atoms with van der Waals surface area (Å²) < 4.78 is 23.5. The van der Waals surface area contributed by atoms with E-state index in [0.717, 1.165) is 6.54 Å². The Bertz CT molecular complexity index is 539. The molecule has 0 radical (unpaired) electrons. The molecule has 0 bridgehead atoms. The highest BCUT2D eigenvalue weighted by molar-refractivity contribution is 7.91. The second kappa shape index (κ2) is 8.85. The lowest BCUT2D eigenvalue weighted by atomic mass is 9.89. The number of rotatable bonds is 6. The van der Waals surface area contributed by atoms with Gasteiger partial charge < -0.3 is 15.1 Å². The maximum absolute atomic E-state index is 12.5. The molecule has 1 saturated heterocycles. The molecule has 138 valence electrons. The molecule has 6 nitrogen and oxygen atoms in total. The number of carbonyl (C=O) groups is 1. The minimum absolute atomic E-state index is 0.0835. The van der Waals surface area contributed by atoms with Gasteiger partial charge >= 0.3 is 6.03 Å². The number of hydrogen-bond acceptors (Lipinski definition) is 4. The maximum atomic E-state index is 12.5. The van der Waals surface area contributed by atoms with Crippen molar-refractivity contribution in [3.63, 3.8) is 0 Å². The van der Waals surface area contributed by atoms with Crippen molar-refractivity contribution in [3.05, 3.63) is 12.3 Å². The van der Waals surface area contributed by atoms with E-state index in [1.165, 1.54) is 32.1 Å². The van der Waals surface area contributed by atoms with Crippen molar-refractivity contribution in [1.29, 1.82) is 0 Å². The Balaban J connectivity index is 1.92. The number of allylic oxidation sites excluding steroid dienone is 1. The molecule has 2 rings (SSSR count). The molecule has 2 fully saturated rings. The molecule has 1 aliphatic carbocycles. The van der Waals surface area contributed by atoms with E-state index in [2.05, 4.69) is 11.4 Å². The predicted octanol–water partition coefficient (Wildman–Crippen LogP) is 1.84. The summed E-state index contributed by atoms with van der Waals surface area (Å²) in [5.74, 6) is 0.822. The molecule has 24 heavy (non-hydrogen) atoms. The molecule has 0 aromatic carbocycles. The zero-order chi connectivity index (χ0) is 17.6. The number of nitrogens with zero attached hydrogens (tertiary/aromatic N) is 2. The van der Waals surface area contributed by atoms with Crippen LogP contribution in [0.4, 0.5) is 4.79 Å². The molecule has 0 aromatic rings. The SMILES string of the molecule is CN(C)CCN(C(=O)N/C=C/C1CCCCC1)C1CCS(=O)(=O)C1. The minimum Gasteiger partial charge on any atom is -0.319 e. The van der Waals surface area contributed by atoms with Gasteiger partial charge in [0.25, 0.3) is 0 Å². The molecule has 1 heterocycles. The van der Waals surface area contributed by atoms with Crippen LogP contribution >= 0.6 is 0 Å². The summed E-state index contributed by atoms with van der Waals surface area (Å²) >= 11 is 0. The second-order valence-electron chi connectivity index (χ2n) is 7.26. The average molecular weight is 358 g/mol. The third kappa shape index (κ3) is 6.09. The van der Waals surface area contributed by atoms with Gasteiger partial charge in [0, 0.05) is 25.3 Å². The number of amides is 2. The molecule has 2 aliphatic rings. The maximum Gasteiger partial charge on any atom is 0.321 e. The molecule has 1 aliphatic heterocycles. The first-order chi connectivity index (χ1) is 11.4. The van der Waals surface area contributed by atoms with E-state index >= 15 is 0 Å². The predicted molar refractivity (Wildman–Crippen MR) is 96.6 cm³/mol. The Morgan fingerprint density at radius 3 is 2.42 bits per heavy atom. The molecule has 7 heteroatoms. The number of sulfone groups is 1. The number of carbonyl (C=O) groups excluding carboxylic acids is 1. The highest BCUT2D eigenvalue weighted by Crippen LogP contribution is 2.24. The first-order valence-electron chi connectivity index (χ1n) is 8.96. The highest BCUT2D eigenvalue weighted by Gasteiger charge is 2.34. The van der Waals surface area contributed by atoms with Gasteiger partial charge in [-0.3, -0.25) is 0 Å². The summed E-state index contributed by atoms with van der Waals surface area (Å²) in [4.78, 5) is 16.2. The highest BCUT2D eigenvalue weighted by atomic mass is 32.2. The van der Waals surface area contributed by atoms with Crippen LogP contribution in [-0.2, 0) is 9.84 Å².